The zero-order valence-electron chi connectivity index (χ0n) is 17.0. The molecule has 0 saturated heterocycles. The minimum absolute atomic E-state index is 0.150. The highest BCUT2D eigenvalue weighted by Crippen LogP contribution is 2.39. The number of carbonyl (C=O) groups is 1. The molecule has 0 fully saturated rings. The van der Waals surface area contributed by atoms with Crippen molar-refractivity contribution >= 4 is 44.9 Å². The van der Waals surface area contributed by atoms with Crippen LogP contribution in [0.3, 0.4) is 0 Å². The summed E-state index contributed by atoms with van der Waals surface area (Å²) < 4.78 is 18.9. The van der Waals surface area contributed by atoms with E-state index in [0.29, 0.717) is 23.1 Å². The van der Waals surface area contributed by atoms with Gasteiger partial charge in [-0.1, -0.05) is 36.0 Å². The summed E-state index contributed by atoms with van der Waals surface area (Å²) in [7, 11) is 0. The second-order valence-corrected chi connectivity index (χ2v) is 8.88. The standard InChI is InChI=1S/C23H20FN3O2S2/c1-3-29-19-7-5-4-6-18(19)27-21(28)14(2)31-23-20-17(12-30-22(20)25-13-26-23)15-8-10-16(24)11-9-15/h4-14H,3H2,1-2H3,(H,27,28). The van der Waals surface area contributed by atoms with Crippen LogP contribution in [-0.4, -0.2) is 27.7 Å². The van der Waals surface area contributed by atoms with E-state index in [4.69, 9.17) is 4.74 Å². The van der Waals surface area contributed by atoms with Gasteiger partial charge in [-0.2, -0.15) is 0 Å². The number of fused-ring (bicyclic) bond motifs is 1. The number of halogens is 1. The van der Waals surface area contributed by atoms with Gasteiger partial charge in [-0.25, -0.2) is 14.4 Å². The van der Waals surface area contributed by atoms with E-state index in [1.807, 2.05) is 43.5 Å². The summed E-state index contributed by atoms with van der Waals surface area (Å²) in [6, 6.07) is 13.7. The number of rotatable bonds is 7. The molecule has 2 aromatic heterocycles. The molecule has 0 aliphatic heterocycles. The fourth-order valence-electron chi connectivity index (χ4n) is 3.09. The molecular formula is C23H20FN3O2S2. The smallest absolute Gasteiger partial charge is 0.237 e. The van der Waals surface area contributed by atoms with Gasteiger partial charge < -0.3 is 10.1 Å². The number of ether oxygens (including phenoxy) is 1. The Morgan fingerprint density at radius 1 is 1.19 bits per heavy atom. The van der Waals surface area contributed by atoms with Crippen molar-refractivity contribution in [2.24, 2.45) is 0 Å². The molecule has 0 saturated carbocycles. The molecule has 4 aromatic rings. The molecule has 1 unspecified atom stereocenters. The first-order chi connectivity index (χ1) is 15.1. The Balaban J connectivity index is 1.59. The predicted molar refractivity (Wildman–Crippen MR) is 124 cm³/mol. The lowest BCUT2D eigenvalue weighted by molar-refractivity contribution is -0.115. The van der Waals surface area contributed by atoms with E-state index in [1.54, 1.807) is 12.1 Å². The molecular weight excluding hydrogens is 433 g/mol. The number of thiophene rings is 1. The number of aromatic nitrogens is 2. The van der Waals surface area contributed by atoms with Crippen molar-refractivity contribution < 1.29 is 13.9 Å². The van der Waals surface area contributed by atoms with Crippen LogP contribution < -0.4 is 10.1 Å². The number of hydrogen-bond acceptors (Lipinski definition) is 6. The summed E-state index contributed by atoms with van der Waals surface area (Å²) in [6.45, 7) is 4.25. The number of hydrogen-bond donors (Lipinski definition) is 1. The number of benzene rings is 2. The summed E-state index contributed by atoms with van der Waals surface area (Å²) >= 11 is 2.86. The molecule has 1 N–H and O–H groups in total. The molecule has 8 heteroatoms. The molecule has 1 atom stereocenters. The summed E-state index contributed by atoms with van der Waals surface area (Å²) in [6.07, 6.45) is 1.50. The average Bonchev–Trinajstić information content (AvgIpc) is 3.21. The highest BCUT2D eigenvalue weighted by atomic mass is 32.2. The fraction of sp³-hybridized carbons (Fsp3) is 0.174. The van der Waals surface area contributed by atoms with Gasteiger partial charge in [0.25, 0.3) is 0 Å². The molecule has 0 aliphatic carbocycles. The van der Waals surface area contributed by atoms with Crippen LogP contribution in [0.15, 0.2) is 65.3 Å². The maximum absolute atomic E-state index is 13.4. The first-order valence-electron chi connectivity index (χ1n) is 9.74. The maximum Gasteiger partial charge on any atom is 0.237 e. The van der Waals surface area contributed by atoms with Crippen LogP contribution in [0.2, 0.25) is 0 Å². The van der Waals surface area contributed by atoms with Gasteiger partial charge in [-0.15, -0.1) is 11.3 Å². The van der Waals surface area contributed by atoms with Crippen LogP contribution in [0.1, 0.15) is 13.8 Å². The topological polar surface area (TPSA) is 64.1 Å². The number of amides is 1. The third kappa shape index (κ3) is 4.70. The van der Waals surface area contributed by atoms with E-state index in [1.165, 1.54) is 41.6 Å². The Morgan fingerprint density at radius 2 is 1.97 bits per heavy atom. The number of anilines is 1. The molecule has 0 aliphatic rings. The monoisotopic (exact) mass is 453 g/mol. The second-order valence-electron chi connectivity index (χ2n) is 6.69. The number of nitrogens with zero attached hydrogens (tertiary/aromatic N) is 2. The minimum atomic E-state index is -0.409. The van der Waals surface area contributed by atoms with E-state index >= 15 is 0 Å². The summed E-state index contributed by atoms with van der Waals surface area (Å²) in [4.78, 5) is 22.5. The van der Waals surface area contributed by atoms with Gasteiger partial charge in [-0.05, 0) is 43.7 Å². The van der Waals surface area contributed by atoms with Gasteiger partial charge in [0.2, 0.25) is 5.91 Å². The van der Waals surface area contributed by atoms with Crippen molar-refractivity contribution in [1.29, 1.82) is 0 Å². The van der Waals surface area contributed by atoms with Gasteiger partial charge in [0.15, 0.2) is 0 Å². The highest BCUT2D eigenvalue weighted by Gasteiger charge is 2.21. The van der Waals surface area contributed by atoms with E-state index < -0.39 is 5.25 Å². The van der Waals surface area contributed by atoms with Crippen molar-refractivity contribution in [1.82, 2.24) is 9.97 Å². The van der Waals surface area contributed by atoms with Gasteiger partial charge in [0.1, 0.15) is 27.8 Å². The van der Waals surface area contributed by atoms with E-state index in [-0.39, 0.29) is 11.7 Å². The van der Waals surface area contributed by atoms with Crippen LogP contribution in [0.5, 0.6) is 5.75 Å². The van der Waals surface area contributed by atoms with Crippen LogP contribution in [0.4, 0.5) is 10.1 Å². The third-order valence-electron chi connectivity index (χ3n) is 4.59. The van der Waals surface area contributed by atoms with Crippen LogP contribution in [0.25, 0.3) is 21.3 Å². The van der Waals surface area contributed by atoms with Crippen molar-refractivity contribution in [2.75, 3.05) is 11.9 Å². The molecule has 0 radical (unpaired) electrons. The molecule has 5 nitrogen and oxygen atoms in total. The molecule has 2 aromatic carbocycles. The zero-order valence-corrected chi connectivity index (χ0v) is 18.6. The van der Waals surface area contributed by atoms with Crippen molar-refractivity contribution in [3.05, 3.63) is 66.1 Å². The lowest BCUT2D eigenvalue weighted by atomic mass is 10.1. The van der Waals surface area contributed by atoms with Gasteiger partial charge in [0.05, 0.1) is 22.9 Å². The number of carbonyl (C=O) groups excluding carboxylic acids is 1. The first-order valence-corrected chi connectivity index (χ1v) is 11.5. The number of nitrogens with one attached hydrogen (secondary N) is 1. The van der Waals surface area contributed by atoms with Gasteiger partial charge >= 0.3 is 0 Å². The molecule has 2 heterocycles. The Bertz CT molecular complexity index is 1210. The molecule has 158 valence electrons. The Hall–Kier alpha value is -2.97. The van der Waals surface area contributed by atoms with E-state index in [2.05, 4.69) is 15.3 Å². The maximum atomic E-state index is 13.4. The Kier molecular flexibility index (Phi) is 6.48. The van der Waals surface area contributed by atoms with E-state index in [0.717, 1.165) is 21.3 Å². The van der Waals surface area contributed by atoms with Crippen LogP contribution in [-0.2, 0) is 4.79 Å². The molecule has 1 amide bonds. The van der Waals surface area contributed by atoms with Gasteiger partial charge in [0, 0.05) is 10.9 Å². The third-order valence-corrected chi connectivity index (χ3v) is 6.58. The number of thioether (sulfide) groups is 1. The molecule has 0 bridgehead atoms. The lowest BCUT2D eigenvalue weighted by Gasteiger charge is -2.15. The Morgan fingerprint density at radius 3 is 2.74 bits per heavy atom. The van der Waals surface area contributed by atoms with E-state index in [9.17, 15) is 9.18 Å². The molecule has 31 heavy (non-hydrogen) atoms. The first kappa shape index (κ1) is 21.3. The van der Waals surface area contributed by atoms with Crippen LogP contribution in [0, 0.1) is 5.82 Å². The normalized spacial score (nSPS) is 12.0. The largest absolute Gasteiger partial charge is 0.492 e. The highest BCUT2D eigenvalue weighted by molar-refractivity contribution is 8.00. The number of para-hydroxylation sites is 2. The minimum Gasteiger partial charge on any atom is -0.492 e. The average molecular weight is 454 g/mol. The van der Waals surface area contributed by atoms with Crippen molar-refractivity contribution in [3.8, 4) is 16.9 Å². The fourth-order valence-corrected chi connectivity index (χ4v) is 5.00. The van der Waals surface area contributed by atoms with Gasteiger partial charge in [-0.3, -0.25) is 4.79 Å². The van der Waals surface area contributed by atoms with Crippen LogP contribution >= 0.6 is 23.1 Å². The van der Waals surface area contributed by atoms with Crippen molar-refractivity contribution in [3.63, 3.8) is 0 Å². The zero-order chi connectivity index (χ0) is 21.8. The quantitative estimate of drug-likeness (QED) is 0.274. The summed E-state index contributed by atoms with van der Waals surface area (Å²) in [5.41, 5.74) is 2.45. The predicted octanol–water partition coefficient (Wildman–Crippen LogP) is 6.02. The summed E-state index contributed by atoms with van der Waals surface area (Å²) in [5.74, 6) is 0.200. The summed E-state index contributed by atoms with van der Waals surface area (Å²) in [5, 5.41) is 6.11. The van der Waals surface area contributed by atoms with Crippen molar-refractivity contribution in [2.45, 2.75) is 24.1 Å². The lowest BCUT2D eigenvalue weighted by Crippen LogP contribution is -2.23. The SMILES string of the molecule is CCOc1ccccc1NC(=O)C(C)Sc1ncnc2scc(-c3ccc(F)cc3)c12. The Labute approximate surface area is 187 Å². The molecule has 4 rings (SSSR count). The second kappa shape index (κ2) is 9.45. The molecule has 0 spiro atoms.